The van der Waals surface area contributed by atoms with Gasteiger partial charge >= 0.3 is 10.1 Å². The quantitative estimate of drug-likeness (QED) is 0.386. The van der Waals surface area contributed by atoms with Crippen molar-refractivity contribution in [2.75, 3.05) is 0 Å². The Morgan fingerprint density at radius 2 is 1.59 bits per heavy atom. The van der Waals surface area contributed by atoms with Crippen LogP contribution in [0.4, 0.5) is 4.39 Å². The van der Waals surface area contributed by atoms with Gasteiger partial charge in [-0.2, -0.15) is 8.42 Å². The molecular weight excluding hydrogens is 431 g/mol. The first-order valence-corrected chi connectivity index (χ1v) is 11.3. The van der Waals surface area contributed by atoms with Crippen molar-refractivity contribution in [1.29, 1.82) is 0 Å². The summed E-state index contributed by atoms with van der Waals surface area (Å²) in [5.74, 6) is -0.522. The summed E-state index contributed by atoms with van der Waals surface area (Å²) in [7, 11) is -4.16. The average Bonchev–Trinajstić information content (AvgIpc) is 3.02. The van der Waals surface area contributed by atoms with Gasteiger partial charge < -0.3 is 8.92 Å². The topological polar surface area (TPSA) is 69.7 Å². The Morgan fingerprint density at radius 1 is 0.938 bits per heavy atom. The van der Waals surface area contributed by atoms with Gasteiger partial charge in [0.25, 0.3) is 0 Å². The van der Waals surface area contributed by atoms with Gasteiger partial charge in [0.2, 0.25) is 5.78 Å². The summed E-state index contributed by atoms with van der Waals surface area (Å²) >= 11 is 0. The van der Waals surface area contributed by atoms with Crippen LogP contribution in [0.5, 0.6) is 11.5 Å². The van der Waals surface area contributed by atoms with Crippen LogP contribution in [0.25, 0.3) is 6.08 Å². The van der Waals surface area contributed by atoms with Gasteiger partial charge in [0.1, 0.15) is 22.2 Å². The number of carbonyl (C=O) groups is 1. The number of rotatable bonds is 4. The molecule has 0 N–H and O–H groups in total. The lowest BCUT2D eigenvalue weighted by atomic mass is 9.86. The molecule has 3 aromatic carbocycles. The van der Waals surface area contributed by atoms with Gasteiger partial charge in [-0.15, -0.1) is 0 Å². The predicted octanol–water partition coefficient (Wildman–Crippen LogP) is 5.51. The molecule has 1 heterocycles. The van der Waals surface area contributed by atoms with E-state index < -0.39 is 15.9 Å². The Hall–Kier alpha value is -3.45. The zero-order valence-electron chi connectivity index (χ0n) is 17.8. The van der Waals surface area contributed by atoms with Crippen molar-refractivity contribution in [3.05, 3.63) is 95.0 Å². The van der Waals surface area contributed by atoms with Crippen molar-refractivity contribution in [3.8, 4) is 11.5 Å². The molecule has 32 heavy (non-hydrogen) atoms. The third kappa shape index (κ3) is 4.43. The highest BCUT2D eigenvalue weighted by Crippen LogP contribution is 2.36. The van der Waals surface area contributed by atoms with Gasteiger partial charge in [-0.3, -0.25) is 4.79 Å². The fraction of sp³-hybridized carbons (Fsp3) is 0.160. The fourth-order valence-corrected chi connectivity index (χ4v) is 4.15. The summed E-state index contributed by atoms with van der Waals surface area (Å²) in [5, 5.41) is 0. The number of halogens is 1. The van der Waals surface area contributed by atoms with Crippen molar-refractivity contribution >= 4 is 22.0 Å². The van der Waals surface area contributed by atoms with Crippen LogP contribution in [-0.2, 0) is 15.5 Å². The minimum Gasteiger partial charge on any atom is -0.452 e. The van der Waals surface area contributed by atoms with Crippen molar-refractivity contribution in [3.63, 3.8) is 0 Å². The lowest BCUT2D eigenvalue weighted by Crippen LogP contribution is -2.10. The van der Waals surface area contributed by atoms with Crippen LogP contribution >= 0.6 is 0 Å². The highest BCUT2D eigenvalue weighted by Gasteiger charge is 2.28. The van der Waals surface area contributed by atoms with Crippen LogP contribution in [0.3, 0.4) is 0 Å². The molecule has 0 radical (unpaired) electrons. The third-order valence-corrected chi connectivity index (χ3v) is 6.29. The molecule has 0 spiro atoms. The van der Waals surface area contributed by atoms with Crippen molar-refractivity contribution in [2.24, 2.45) is 0 Å². The Labute approximate surface area is 186 Å². The molecule has 164 valence electrons. The number of carbonyl (C=O) groups excluding carboxylic acids is 1. The van der Waals surface area contributed by atoms with E-state index in [0.717, 1.165) is 29.8 Å². The number of hydrogen-bond acceptors (Lipinski definition) is 5. The second-order valence-corrected chi connectivity index (χ2v) is 10.0. The summed E-state index contributed by atoms with van der Waals surface area (Å²) < 4.78 is 48.7. The zero-order valence-corrected chi connectivity index (χ0v) is 18.6. The molecule has 1 aliphatic heterocycles. The number of Topliss-reactive ketones (excluding diaryl/α,β-unsaturated/α-hetero) is 1. The fourth-order valence-electron chi connectivity index (χ4n) is 3.23. The molecule has 0 atom stereocenters. The second kappa shape index (κ2) is 7.91. The standard InChI is InChI=1S/C25H21FO5S/c1-25(2,3)17-6-4-16(5-7-17)14-23-24(27)21-13-10-19(15-22(21)30-23)31-32(28,29)20-11-8-18(26)9-12-20/h4-15H,1-3H3/b23-14-. The molecule has 0 saturated carbocycles. The number of ether oxygens (including phenoxy) is 1. The summed E-state index contributed by atoms with van der Waals surface area (Å²) in [4.78, 5) is 12.5. The molecule has 0 unspecified atom stereocenters. The lowest BCUT2D eigenvalue weighted by Gasteiger charge is -2.18. The van der Waals surface area contributed by atoms with E-state index in [4.69, 9.17) is 8.92 Å². The number of benzene rings is 3. The Bertz CT molecular complexity index is 1320. The van der Waals surface area contributed by atoms with Crippen LogP contribution in [-0.4, -0.2) is 14.2 Å². The van der Waals surface area contributed by atoms with E-state index in [1.165, 1.54) is 23.8 Å². The molecule has 0 saturated heterocycles. The third-order valence-electron chi connectivity index (χ3n) is 5.02. The summed E-state index contributed by atoms with van der Waals surface area (Å²) in [6.45, 7) is 6.37. The molecule has 1 aliphatic rings. The first-order chi connectivity index (χ1) is 15.0. The Kier molecular flexibility index (Phi) is 5.38. The minimum atomic E-state index is -4.16. The van der Waals surface area contributed by atoms with Crippen LogP contribution in [0.2, 0.25) is 0 Å². The number of allylic oxidation sites excluding steroid dienone is 1. The highest BCUT2D eigenvalue weighted by molar-refractivity contribution is 7.87. The molecule has 0 aliphatic carbocycles. The van der Waals surface area contributed by atoms with Crippen LogP contribution in [0, 0.1) is 5.82 Å². The summed E-state index contributed by atoms with van der Waals surface area (Å²) in [5.41, 5.74) is 2.32. The molecule has 0 fully saturated rings. The van der Waals surface area contributed by atoms with Gasteiger partial charge in [0.15, 0.2) is 5.76 Å². The molecular formula is C25H21FO5S. The average molecular weight is 453 g/mol. The van der Waals surface area contributed by atoms with E-state index >= 15 is 0 Å². The number of hydrogen-bond donors (Lipinski definition) is 0. The minimum absolute atomic E-state index is 0.0170. The van der Waals surface area contributed by atoms with Crippen molar-refractivity contribution in [1.82, 2.24) is 0 Å². The molecule has 7 heteroatoms. The second-order valence-electron chi connectivity index (χ2n) is 8.46. The first-order valence-electron chi connectivity index (χ1n) is 9.92. The maximum Gasteiger partial charge on any atom is 0.339 e. The van der Waals surface area contributed by atoms with Gasteiger partial charge in [0.05, 0.1) is 5.56 Å². The van der Waals surface area contributed by atoms with Crippen molar-refractivity contribution in [2.45, 2.75) is 31.1 Å². The maximum absolute atomic E-state index is 13.1. The zero-order chi connectivity index (χ0) is 23.1. The SMILES string of the molecule is CC(C)(C)c1ccc(/C=C2\Oc3cc(OS(=O)(=O)c4ccc(F)cc4)ccc3C2=O)cc1. The maximum atomic E-state index is 13.1. The van der Waals surface area contributed by atoms with Gasteiger partial charge in [-0.05, 0) is 59.0 Å². The van der Waals surface area contributed by atoms with E-state index in [2.05, 4.69) is 20.8 Å². The number of fused-ring (bicyclic) bond motifs is 1. The van der Waals surface area contributed by atoms with Gasteiger partial charge in [-0.1, -0.05) is 45.0 Å². The van der Waals surface area contributed by atoms with Gasteiger partial charge in [-0.25, -0.2) is 4.39 Å². The molecule has 0 aromatic heterocycles. The summed E-state index contributed by atoms with van der Waals surface area (Å²) in [6, 6.07) is 16.3. The molecule has 0 amide bonds. The molecule has 3 aromatic rings. The van der Waals surface area contributed by atoms with E-state index in [-0.39, 0.29) is 33.4 Å². The predicted molar refractivity (Wildman–Crippen MR) is 119 cm³/mol. The monoisotopic (exact) mass is 452 g/mol. The van der Waals surface area contributed by atoms with Crippen molar-refractivity contribution < 1.29 is 26.5 Å². The lowest BCUT2D eigenvalue weighted by molar-refractivity contribution is 0.101. The van der Waals surface area contributed by atoms with Crippen LogP contribution in [0.15, 0.2) is 77.4 Å². The van der Waals surface area contributed by atoms with E-state index in [9.17, 15) is 17.6 Å². The van der Waals surface area contributed by atoms with E-state index in [1.807, 2.05) is 24.3 Å². The summed E-state index contributed by atoms with van der Waals surface area (Å²) in [6.07, 6.45) is 1.64. The smallest absolute Gasteiger partial charge is 0.339 e. The largest absolute Gasteiger partial charge is 0.452 e. The molecule has 0 bridgehead atoms. The van der Waals surface area contributed by atoms with E-state index in [0.29, 0.717) is 5.56 Å². The Morgan fingerprint density at radius 3 is 2.22 bits per heavy atom. The highest BCUT2D eigenvalue weighted by atomic mass is 32.2. The first kappa shape index (κ1) is 21.8. The molecule has 4 rings (SSSR count). The normalized spacial score (nSPS) is 14.9. The van der Waals surface area contributed by atoms with Gasteiger partial charge in [0, 0.05) is 6.07 Å². The van der Waals surface area contributed by atoms with Crippen LogP contribution in [0.1, 0.15) is 42.3 Å². The molecule has 5 nitrogen and oxygen atoms in total. The number of ketones is 1. The van der Waals surface area contributed by atoms with E-state index in [1.54, 1.807) is 6.08 Å². The Balaban J connectivity index is 1.56. The van der Waals surface area contributed by atoms with Crippen LogP contribution < -0.4 is 8.92 Å².